The van der Waals surface area contributed by atoms with E-state index in [2.05, 4.69) is 26.1 Å². The van der Waals surface area contributed by atoms with E-state index in [0.717, 1.165) is 33.3 Å². The van der Waals surface area contributed by atoms with Gasteiger partial charge in [0.25, 0.3) is 5.91 Å². The number of amides is 1. The Morgan fingerprint density at radius 3 is 2.54 bits per heavy atom. The molecule has 0 atom stereocenters. The average molecular weight is 367 g/mol. The fraction of sp³-hybridized carbons (Fsp3) is 0.0455. The lowest BCUT2D eigenvalue weighted by molar-refractivity contribution is 0.102. The van der Waals surface area contributed by atoms with Gasteiger partial charge in [0.2, 0.25) is 0 Å². The van der Waals surface area contributed by atoms with Gasteiger partial charge in [-0.1, -0.05) is 30.3 Å². The molecule has 136 valence electrons. The summed E-state index contributed by atoms with van der Waals surface area (Å²) in [4.78, 5) is 17.3. The molecule has 0 aliphatic heterocycles. The fourth-order valence-electron chi connectivity index (χ4n) is 3.43. The van der Waals surface area contributed by atoms with Gasteiger partial charge in [0, 0.05) is 23.7 Å². The number of nitrogens with one attached hydrogen (secondary N) is 2. The number of imidazole rings is 1. The van der Waals surface area contributed by atoms with Crippen LogP contribution in [0.5, 0.6) is 0 Å². The highest BCUT2D eigenvalue weighted by atomic mass is 16.1. The molecule has 2 aromatic heterocycles. The summed E-state index contributed by atoms with van der Waals surface area (Å²) in [5.41, 5.74) is 4.96. The molecule has 2 N–H and O–H groups in total. The predicted molar refractivity (Wildman–Crippen MR) is 110 cm³/mol. The van der Waals surface area contributed by atoms with Crippen LogP contribution in [0, 0.1) is 0 Å². The second-order valence-electron chi connectivity index (χ2n) is 6.63. The monoisotopic (exact) mass is 367 g/mol. The molecule has 0 spiro atoms. The van der Waals surface area contributed by atoms with Crippen LogP contribution < -0.4 is 5.32 Å². The number of nitrogens with zero attached hydrogens (tertiary/aromatic N) is 3. The summed E-state index contributed by atoms with van der Waals surface area (Å²) in [5.74, 6) is 0.644. The number of benzene rings is 3. The van der Waals surface area contributed by atoms with Crippen LogP contribution in [0.25, 0.3) is 33.3 Å². The number of hydrogen-bond donors (Lipinski definition) is 2. The van der Waals surface area contributed by atoms with E-state index < -0.39 is 0 Å². The summed E-state index contributed by atoms with van der Waals surface area (Å²) < 4.78 is 2.07. The molecule has 0 aliphatic rings. The number of carbonyl (C=O) groups excluding carboxylic acids is 1. The third-order valence-electron chi connectivity index (χ3n) is 4.87. The van der Waals surface area contributed by atoms with Crippen LogP contribution in [-0.4, -0.2) is 25.7 Å². The molecular weight excluding hydrogens is 350 g/mol. The smallest absolute Gasteiger partial charge is 0.276 e. The van der Waals surface area contributed by atoms with Gasteiger partial charge < -0.3 is 9.88 Å². The van der Waals surface area contributed by atoms with Gasteiger partial charge in [-0.3, -0.25) is 9.89 Å². The summed E-state index contributed by atoms with van der Waals surface area (Å²) in [5, 5.41) is 10.7. The quantitative estimate of drug-likeness (QED) is 0.497. The van der Waals surface area contributed by atoms with Gasteiger partial charge >= 0.3 is 0 Å². The molecule has 0 saturated heterocycles. The van der Waals surface area contributed by atoms with Crippen molar-refractivity contribution in [2.24, 2.45) is 7.05 Å². The Hall–Kier alpha value is -3.93. The zero-order valence-electron chi connectivity index (χ0n) is 15.2. The Labute approximate surface area is 160 Å². The van der Waals surface area contributed by atoms with Crippen molar-refractivity contribution in [1.82, 2.24) is 19.7 Å². The van der Waals surface area contributed by atoms with Crippen molar-refractivity contribution in [2.75, 3.05) is 5.32 Å². The summed E-state index contributed by atoms with van der Waals surface area (Å²) in [6, 6.07) is 23.3. The molecule has 0 bridgehead atoms. The number of aryl methyl sites for hydroxylation is 1. The first-order chi connectivity index (χ1) is 13.7. The van der Waals surface area contributed by atoms with Crippen molar-refractivity contribution in [3.63, 3.8) is 0 Å². The van der Waals surface area contributed by atoms with E-state index in [4.69, 9.17) is 4.98 Å². The number of para-hydroxylation sites is 3. The predicted octanol–water partition coefficient (Wildman–Crippen LogP) is 4.37. The third-order valence-corrected chi connectivity index (χ3v) is 4.87. The molecule has 6 heteroatoms. The van der Waals surface area contributed by atoms with Crippen molar-refractivity contribution in [2.45, 2.75) is 0 Å². The van der Waals surface area contributed by atoms with E-state index in [1.165, 1.54) is 0 Å². The molecule has 28 heavy (non-hydrogen) atoms. The van der Waals surface area contributed by atoms with Crippen LogP contribution in [0.4, 0.5) is 5.69 Å². The lowest BCUT2D eigenvalue weighted by atomic mass is 10.1. The SMILES string of the molecule is Cn1c(-c2ccc(NC(=O)c3n[nH]c4ccccc34)cc2)nc2ccccc21. The molecule has 0 unspecified atom stereocenters. The van der Waals surface area contributed by atoms with Crippen LogP contribution >= 0.6 is 0 Å². The zero-order chi connectivity index (χ0) is 19.1. The van der Waals surface area contributed by atoms with Gasteiger partial charge in [-0.15, -0.1) is 0 Å². The first-order valence-electron chi connectivity index (χ1n) is 8.97. The fourth-order valence-corrected chi connectivity index (χ4v) is 3.43. The molecule has 5 aromatic rings. The molecule has 6 nitrogen and oxygen atoms in total. The van der Waals surface area contributed by atoms with Gasteiger partial charge in [-0.2, -0.15) is 5.10 Å². The Morgan fingerprint density at radius 2 is 1.71 bits per heavy atom. The standard InChI is InChI=1S/C22H17N5O/c1-27-19-9-5-4-8-18(19)24-21(27)14-10-12-15(13-11-14)23-22(28)20-16-6-2-3-7-17(16)25-26-20/h2-13H,1H3,(H,23,28)(H,25,26). The molecule has 0 fully saturated rings. The van der Waals surface area contributed by atoms with Gasteiger partial charge in [0.1, 0.15) is 5.82 Å². The minimum atomic E-state index is -0.243. The molecule has 2 heterocycles. The largest absolute Gasteiger partial charge is 0.327 e. The number of carbonyl (C=O) groups is 1. The van der Waals surface area contributed by atoms with E-state index in [9.17, 15) is 4.79 Å². The van der Waals surface area contributed by atoms with E-state index >= 15 is 0 Å². The number of hydrogen-bond acceptors (Lipinski definition) is 3. The normalized spacial score (nSPS) is 11.2. The van der Waals surface area contributed by atoms with Crippen LogP contribution in [0.3, 0.4) is 0 Å². The van der Waals surface area contributed by atoms with Crippen molar-refractivity contribution >= 4 is 33.5 Å². The minimum absolute atomic E-state index is 0.243. The average Bonchev–Trinajstić information content (AvgIpc) is 3.30. The molecule has 3 aromatic carbocycles. The highest BCUT2D eigenvalue weighted by Crippen LogP contribution is 2.25. The molecule has 0 radical (unpaired) electrons. The van der Waals surface area contributed by atoms with E-state index in [1.54, 1.807) is 0 Å². The van der Waals surface area contributed by atoms with Gasteiger partial charge in [-0.05, 0) is 42.5 Å². The van der Waals surface area contributed by atoms with Crippen molar-refractivity contribution in [3.8, 4) is 11.4 Å². The van der Waals surface area contributed by atoms with Crippen molar-refractivity contribution in [3.05, 3.63) is 78.5 Å². The topological polar surface area (TPSA) is 75.6 Å². The van der Waals surface area contributed by atoms with Crippen LogP contribution in [0.15, 0.2) is 72.8 Å². The number of fused-ring (bicyclic) bond motifs is 2. The molecule has 0 aliphatic carbocycles. The second kappa shape index (κ2) is 6.35. The lowest BCUT2D eigenvalue weighted by Gasteiger charge is -2.06. The van der Waals surface area contributed by atoms with E-state index in [-0.39, 0.29) is 5.91 Å². The maximum Gasteiger partial charge on any atom is 0.276 e. The van der Waals surface area contributed by atoms with Gasteiger partial charge in [-0.25, -0.2) is 4.98 Å². The molecule has 1 amide bonds. The summed E-state index contributed by atoms with van der Waals surface area (Å²) in [6.45, 7) is 0. The molecular formula is C22H17N5O. The maximum atomic E-state index is 12.6. The summed E-state index contributed by atoms with van der Waals surface area (Å²) >= 11 is 0. The Bertz CT molecular complexity index is 1310. The van der Waals surface area contributed by atoms with Gasteiger partial charge in [0.15, 0.2) is 5.69 Å². The summed E-state index contributed by atoms with van der Waals surface area (Å²) in [7, 11) is 2.00. The minimum Gasteiger partial charge on any atom is -0.327 e. The van der Waals surface area contributed by atoms with Gasteiger partial charge in [0.05, 0.1) is 16.6 Å². The molecule has 5 rings (SSSR count). The van der Waals surface area contributed by atoms with Crippen LogP contribution in [0.1, 0.15) is 10.5 Å². The first-order valence-corrected chi connectivity index (χ1v) is 8.97. The second-order valence-corrected chi connectivity index (χ2v) is 6.63. The van der Waals surface area contributed by atoms with Crippen molar-refractivity contribution < 1.29 is 4.79 Å². The number of rotatable bonds is 3. The number of aromatic amines is 1. The van der Waals surface area contributed by atoms with Crippen LogP contribution in [-0.2, 0) is 7.05 Å². The Morgan fingerprint density at radius 1 is 0.964 bits per heavy atom. The molecule has 0 saturated carbocycles. The Kier molecular flexibility index (Phi) is 3.69. The first kappa shape index (κ1) is 16.3. The lowest BCUT2D eigenvalue weighted by Crippen LogP contribution is -2.12. The summed E-state index contributed by atoms with van der Waals surface area (Å²) in [6.07, 6.45) is 0. The highest BCUT2D eigenvalue weighted by Gasteiger charge is 2.14. The number of aromatic nitrogens is 4. The Balaban J connectivity index is 1.42. The van der Waals surface area contributed by atoms with Crippen molar-refractivity contribution in [1.29, 1.82) is 0 Å². The van der Waals surface area contributed by atoms with E-state index in [1.807, 2.05) is 73.8 Å². The maximum absolute atomic E-state index is 12.6. The highest BCUT2D eigenvalue weighted by molar-refractivity contribution is 6.11. The third kappa shape index (κ3) is 2.63. The number of anilines is 1. The van der Waals surface area contributed by atoms with E-state index in [0.29, 0.717) is 11.4 Å². The van der Waals surface area contributed by atoms with Crippen LogP contribution in [0.2, 0.25) is 0 Å². The zero-order valence-corrected chi connectivity index (χ0v) is 15.2. The number of H-pyrrole nitrogens is 1.